The Morgan fingerprint density at radius 1 is 1.29 bits per heavy atom. The summed E-state index contributed by atoms with van der Waals surface area (Å²) in [5.74, 6) is 0. The molecule has 0 saturated heterocycles. The van der Waals surface area contributed by atoms with Crippen LogP contribution in [0.15, 0.2) is 12.1 Å². The third-order valence-corrected chi connectivity index (χ3v) is 3.41. The largest absolute Gasteiger partial charge is 0.312 e. The number of aryl methyl sites for hydroxylation is 1. The Balaban J connectivity index is 0.00000144. The van der Waals surface area contributed by atoms with Gasteiger partial charge in [-0.15, -0.1) is 12.4 Å². The van der Waals surface area contributed by atoms with Crippen molar-refractivity contribution in [1.29, 1.82) is 0 Å². The minimum absolute atomic E-state index is 0. The Bertz CT molecular complexity index is 514. The van der Waals surface area contributed by atoms with Gasteiger partial charge in [0.25, 0.3) is 0 Å². The lowest BCUT2D eigenvalue weighted by Crippen LogP contribution is -2.26. The second kappa shape index (κ2) is 5.25. The highest BCUT2D eigenvalue weighted by atomic mass is 35.5. The first-order chi connectivity index (χ1) is 7.47. The van der Waals surface area contributed by atoms with Gasteiger partial charge in [0.05, 0.1) is 11.9 Å². The Hall–Kier alpha value is -0.780. The highest BCUT2D eigenvalue weighted by molar-refractivity contribution is 7.92. The van der Waals surface area contributed by atoms with Gasteiger partial charge >= 0.3 is 0 Å². The van der Waals surface area contributed by atoms with E-state index >= 15 is 0 Å². The van der Waals surface area contributed by atoms with Crippen molar-refractivity contribution in [3.8, 4) is 0 Å². The van der Waals surface area contributed by atoms with E-state index in [1.807, 2.05) is 12.1 Å². The Morgan fingerprint density at radius 2 is 2.00 bits per heavy atom. The van der Waals surface area contributed by atoms with Crippen LogP contribution < -0.4 is 10.0 Å². The van der Waals surface area contributed by atoms with Crippen LogP contribution in [0.5, 0.6) is 0 Å². The van der Waals surface area contributed by atoms with E-state index in [-0.39, 0.29) is 12.4 Å². The van der Waals surface area contributed by atoms with Crippen molar-refractivity contribution in [2.24, 2.45) is 0 Å². The molecule has 1 heterocycles. The van der Waals surface area contributed by atoms with Gasteiger partial charge in [0.2, 0.25) is 10.0 Å². The molecule has 0 fully saturated rings. The molecule has 1 aliphatic rings. The second-order valence-corrected chi connectivity index (χ2v) is 5.94. The number of benzene rings is 1. The smallest absolute Gasteiger partial charge is 0.229 e. The van der Waals surface area contributed by atoms with Gasteiger partial charge in [-0.1, -0.05) is 6.07 Å². The minimum atomic E-state index is -3.19. The third-order valence-electron chi connectivity index (χ3n) is 2.81. The molecule has 17 heavy (non-hydrogen) atoms. The Kier molecular flexibility index (Phi) is 4.41. The molecule has 1 aromatic rings. The predicted molar refractivity (Wildman–Crippen MR) is 72.3 cm³/mol. The van der Waals surface area contributed by atoms with Crippen molar-refractivity contribution in [3.63, 3.8) is 0 Å². The number of rotatable bonds is 2. The number of nitrogens with one attached hydrogen (secondary N) is 2. The van der Waals surface area contributed by atoms with E-state index < -0.39 is 10.0 Å². The van der Waals surface area contributed by atoms with Gasteiger partial charge in [-0.2, -0.15) is 0 Å². The topological polar surface area (TPSA) is 58.2 Å². The van der Waals surface area contributed by atoms with Gasteiger partial charge in [-0.3, -0.25) is 4.72 Å². The van der Waals surface area contributed by atoms with Crippen molar-refractivity contribution in [3.05, 3.63) is 28.8 Å². The van der Waals surface area contributed by atoms with Crippen LogP contribution in [0.2, 0.25) is 0 Å². The lowest BCUT2D eigenvalue weighted by atomic mass is 9.95. The Labute approximate surface area is 108 Å². The van der Waals surface area contributed by atoms with Crippen LogP contribution >= 0.6 is 12.4 Å². The molecule has 0 aromatic heterocycles. The van der Waals surface area contributed by atoms with Crippen molar-refractivity contribution in [2.75, 3.05) is 17.5 Å². The van der Waals surface area contributed by atoms with Crippen molar-refractivity contribution in [1.82, 2.24) is 5.32 Å². The number of fused-ring (bicyclic) bond motifs is 1. The lowest BCUT2D eigenvalue weighted by molar-refractivity contribution is 0.606. The summed E-state index contributed by atoms with van der Waals surface area (Å²) < 4.78 is 25.1. The summed E-state index contributed by atoms with van der Waals surface area (Å²) in [6.45, 7) is 3.77. The van der Waals surface area contributed by atoms with Crippen molar-refractivity contribution < 1.29 is 8.42 Å². The SMILES string of the molecule is Cc1ccc(NS(C)(=O)=O)c2c1CNCC2.Cl. The first-order valence-corrected chi connectivity index (χ1v) is 7.16. The highest BCUT2D eigenvalue weighted by Gasteiger charge is 2.16. The fourth-order valence-corrected chi connectivity index (χ4v) is 2.65. The standard InChI is InChI=1S/C11H16N2O2S.ClH/c1-8-3-4-11(13-16(2,14)15)9-5-6-12-7-10(8)9;/h3-4,12-13H,5-7H2,1-2H3;1H. The average molecular weight is 277 g/mol. The first kappa shape index (κ1) is 14.3. The van der Waals surface area contributed by atoms with E-state index in [0.29, 0.717) is 0 Å². The van der Waals surface area contributed by atoms with Crippen LogP contribution in [0.25, 0.3) is 0 Å². The molecule has 0 aliphatic carbocycles. The molecule has 0 bridgehead atoms. The molecular formula is C11H17ClN2O2S. The average Bonchev–Trinajstić information content (AvgIpc) is 2.21. The molecule has 0 amide bonds. The maximum absolute atomic E-state index is 11.2. The quantitative estimate of drug-likeness (QED) is 0.859. The van der Waals surface area contributed by atoms with Gasteiger partial charge < -0.3 is 5.32 Å². The summed E-state index contributed by atoms with van der Waals surface area (Å²) >= 11 is 0. The van der Waals surface area contributed by atoms with Crippen LogP contribution in [-0.2, 0) is 23.0 Å². The molecule has 1 aliphatic heterocycles. The molecule has 6 heteroatoms. The molecule has 0 spiro atoms. The predicted octanol–water partition coefficient (Wildman–Crippen LogP) is 1.43. The van der Waals surface area contributed by atoms with Gasteiger partial charge in [-0.25, -0.2) is 8.42 Å². The van der Waals surface area contributed by atoms with Crippen molar-refractivity contribution in [2.45, 2.75) is 19.9 Å². The molecule has 4 nitrogen and oxygen atoms in total. The molecule has 0 saturated carbocycles. The summed E-state index contributed by atoms with van der Waals surface area (Å²) in [6, 6.07) is 3.81. The van der Waals surface area contributed by atoms with Gasteiger partial charge in [-0.05, 0) is 42.6 Å². The number of hydrogen-bond acceptors (Lipinski definition) is 3. The van der Waals surface area contributed by atoms with Gasteiger partial charge in [0.15, 0.2) is 0 Å². The lowest BCUT2D eigenvalue weighted by Gasteiger charge is -2.22. The minimum Gasteiger partial charge on any atom is -0.312 e. The van der Waals surface area contributed by atoms with Crippen LogP contribution in [0.4, 0.5) is 5.69 Å². The van der Waals surface area contributed by atoms with Gasteiger partial charge in [0, 0.05) is 6.54 Å². The molecule has 0 unspecified atom stereocenters. The van der Waals surface area contributed by atoms with E-state index in [4.69, 9.17) is 0 Å². The molecule has 0 radical (unpaired) electrons. The third kappa shape index (κ3) is 3.34. The number of halogens is 1. The van der Waals surface area contributed by atoms with E-state index in [2.05, 4.69) is 17.0 Å². The van der Waals surface area contributed by atoms with Crippen LogP contribution in [0, 0.1) is 6.92 Å². The zero-order valence-electron chi connectivity index (χ0n) is 9.91. The van der Waals surface area contributed by atoms with Gasteiger partial charge in [0.1, 0.15) is 0 Å². The Morgan fingerprint density at radius 3 is 2.65 bits per heavy atom. The van der Waals surface area contributed by atoms with Crippen LogP contribution in [0.3, 0.4) is 0 Å². The molecular weight excluding hydrogens is 260 g/mol. The number of anilines is 1. The fourth-order valence-electron chi connectivity index (χ4n) is 2.06. The molecule has 96 valence electrons. The summed E-state index contributed by atoms with van der Waals surface area (Å²) in [6.07, 6.45) is 2.05. The number of hydrogen-bond donors (Lipinski definition) is 2. The van der Waals surface area contributed by atoms with Crippen LogP contribution in [0.1, 0.15) is 16.7 Å². The second-order valence-electron chi connectivity index (χ2n) is 4.19. The fraction of sp³-hybridized carbons (Fsp3) is 0.455. The van der Waals surface area contributed by atoms with E-state index in [1.165, 1.54) is 17.4 Å². The maximum atomic E-state index is 11.2. The maximum Gasteiger partial charge on any atom is 0.229 e. The van der Waals surface area contributed by atoms with E-state index in [1.54, 1.807) is 0 Å². The first-order valence-electron chi connectivity index (χ1n) is 5.27. The normalized spacial score (nSPS) is 14.7. The highest BCUT2D eigenvalue weighted by Crippen LogP contribution is 2.26. The zero-order chi connectivity index (χ0) is 11.8. The zero-order valence-corrected chi connectivity index (χ0v) is 11.5. The summed E-state index contributed by atoms with van der Waals surface area (Å²) in [5, 5.41) is 3.29. The summed E-state index contributed by atoms with van der Waals surface area (Å²) in [5.41, 5.74) is 4.29. The molecule has 1 aromatic carbocycles. The number of sulfonamides is 1. The summed E-state index contributed by atoms with van der Waals surface area (Å²) in [4.78, 5) is 0. The molecule has 2 N–H and O–H groups in total. The molecule has 2 rings (SSSR count). The summed E-state index contributed by atoms with van der Waals surface area (Å²) in [7, 11) is -3.19. The van der Waals surface area contributed by atoms with E-state index in [9.17, 15) is 8.42 Å². The van der Waals surface area contributed by atoms with Crippen molar-refractivity contribution >= 4 is 28.1 Å². The van der Waals surface area contributed by atoms with E-state index in [0.717, 1.165) is 30.8 Å². The monoisotopic (exact) mass is 276 g/mol. The van der Waals surface area contributed by atoms with Crippen LogP contribution in [-0.4, -0.2) is 21.2 Å². The molecule has 0 atom stereocenters.